The Labute approximate surface area is 196 Å². The Kier molecular flexibility index (Phi) is 6.74. The van der Waals surface area contributed by atoms with Crippen molar-refractivity contribution in [2.24, 2.45) is 0 Å². The van der Waals surface area contributed by atoms with E-state index >= 15 is 0 Å². The van der Waals surface area contributed by atoms with Gasteiger partial charge in [-0.05, 0) is 69.3 Å². The maximum absolute atomic E-state index is 12.5. The van der Waals surface area contributed by atoms with E-state index in [-0.39, 0.29) is 6.61 Å². The minimum absolute atomic E-state index is 0.0999. The number of carbonyl (C=O) groups is 1. The van der Waals surface area contributed by atoms with Gasteiger partial charge >= 0.3 is 5.97 Å². The third kappa shape index (κ3) is 5.06. The van der Waals surface area contributed by atoms with Crippen LogP contribution in [0.1, 0.15) is 34.4 Å². The van der Waals surface area contributed by atoms with Gasteiger partial charge in [-0.3, -0.25) is 0 Å². The number of rotatable bonds is 8. The summed E-state index contributed by atoms with van der Waals surface area (Å²) in [6.07, 6.45) is 0. The number of thiazole rings is 1. The summed E-state index contributed by atoms with van der Waals surface area (Å²) in [5.41, 5.74) is 4.96. The first kappa shape index (κ1) is 22.5. The van der Waals surface area contributed by atoms with Crippen molar-refractivity contribution in [3.05, 3.63) is 76.6 Å². The molecule has 4 aromatic rings. The van der Waals surface area contributed by atoms with Gasteiger partial charge in [0, 0.05) is 16.6 Å². The van der Waals surface area contributed by atoms with Crippen LogP contribution in [0.3, 0.4) is 0 Å². The molecule has 0 atom stereocenters. The molecule has 4 rings (SSSR count). The molecule has 0 radical (unpaired) electrons. The Balaban J connectivity index is 1.40. The lowest BCUT2D eigenvalue weighted by atomic mass is 10.2. The number of hydrogen-bond donors (Lipinski definition) is 0. The summed E-state index contributed by atoms with van der Waals surface area (Å²) in [6.45, 7) is 6.53. The van der Waals surface area contributed by atoms with Crippen molar-refractivity contribution in [1.82, 2.24) is 14.8 Å². The first-order valence-corrected chi connectivity index (χ1v) is 11.4. The second-order valence-corrected chi connectivity index (χ2v) is 8.26. The van der Waals surface area contributed by atoms with E-state index in [0.717, 1.165) is 27.6 Å². The molecule has 33 heavy (non-hydrogen) atoms. The molecule has 0 amide bonds. The number of aromatic nitrogens is 3. The van der Waals surface area contributed by atoms with Crippen LogP contribution in [0.25, 0.3) is 16.3 Å². The Hall–Kier alpha value is -3.65. The van der Waals surface area contributed by atoms with Crippen LogP contribution in [0.2, 0.25) is 0 Å². The smallest absolute Gasteiger partial charge is 0.338 e. The first-order chi connectivity index (χ1) is 16.0. The topological polar surface area (TPSA) is 75.5 Å². The zero-order valence-electron chi connectivity index (χ0n) is 19.0. The number of carbonyl (C=O) groups excluding carboxylic acids is 1. The fraction of sp³-hybridized carbons (Fsp3) is 0.240. The van der Waals surface area contributed by atoms with Gasteiger partial charge in [0.2, 0.25) is 0 Å². The molecule has 0 bridgehead atoms. The molecule has 2 heterocycles. The summed E-state index contributed by atoms with van der Waals surface area (Å²) in [6, 6.07) is 14.9. The molecule has 0 aliphatic carbocycles. The summed E-state index contributed by atoms with van der Waals surface area (Å²) < 4.78 is 18.3. The van der Waals surface area contributed by atoms with Crippen molar-refractivity contribution in [2.45, 2.75) is 27.4 Å². The molecular formula is C25H25N3O4S. The summed E-state index contributed by atoms with van der Waals surface area (Å²) in [4.78, 5) is 17.1. The lowest BCUT2D eigenvalue weighted by molar-refractivity contribution is 0.0468. The van der Waals surface area contributed by atoms with E-state index in [1.807, 2.05) is 67.2 Å². The minimum atomic E-state index is -0.396. The molecule has 0 saturated heterocycles. The van der Waals surface area contributed by atoms with Crippen molar-refractivity contribution in [1.29, 1.82) is 0 Å². The van der Waals surface area contributed by atoms with Crippen LogP contribution in [0.15, 0.2) is 53.9 Å². The quantitative estimate of drug-likeness (QED) is 0.327. The molecule has 0 fully saturated rings. The van der Waals surface area contributed by atoms with E-state index in [1.54, 1.807) is 19.2 Å². The predicted molar refractivity (Wildman–Crippen MR) is 127 cm³/mol. The maximum atomic E-state index is 12.5. The Morgan fingerprint density at radius 1 is 1.06 bits per heavy atom. The number of nitrogens with zero attached hydrogens (tertiary/aromatic N) is 3. The molecule has 0 N–H and O–H groups in total. The standard InChI is InChI=1S/C25H25N3O4S/c1-5-31-22-11-8-19(13-23(22)30-4)24-26-20(15-33-24)14-32-25(29)18-6-9-21(10-7-18)28-17(3)12-16(2)27-28/h6-13,15H,5,14H2,1-4H3. The molecule has 7 nitrogen and oxygen atoms in total. The van der Waals surface area contributed by atoms with Crippen molar-refractivity contribution in [3.63, 3.8) is 0 Å². The van der Waals surface area contributed by atoms with Crippen molar-refractivity contribution in [3.8, 4) is 27.8 Å². The third-order valence-electron chi connectivity index (χ3n) is 4.97. The van der Waals surface area contributed by atoms with Crippen LogP contribution in [0, 0.1) is 13.8 Å². The fourth-order valence-corrected chi connectivity index (χ4v) is 4.23. The van der Waals surface area contributed by atoms with E-state index in [2.05, 4.69) is 10.1 Å². The van der Waals surface area contributed by atoms with Crippen molar-refractivity contribution in [2.75, 3.05) is 13.7 Å². The van der Waals surface area contributed by atoms with Crippen LogP contribution >= 0.6 is 11.3 Å². The van der Waals surface area contributed by atoms with E-state index in [9.17, 15) is 4.79 Å². The number of methoxy groups -OCH3 is 1. The molecular weight excluding hydrogens is 438 g/mol. The number of ether oxygens (including phenoxy) is 3. The maximum Gasteiger partial charge on any atom is 0.338 e. The van der Waals surface area contributed by atoms with E-state index in [4.69, 9.17) is 14.2 Å². The molecule has 0 aliphatic rings. The van der Waals surface area contributed by atoms with Crippen LogP contribution < -0.4 is 9.47 Å². The Morgan fingerprint density at radius 3 is 2.52 bits per heavy atom. The zero-order chi connectivity index (χ0) is 23.4. The van der Waals surface area contributed by atoms with E-state index in [1.165, 1.54) is 11.3 Å². The van der Waals surface area contributed by atoms with E-state index in [0.29, 0.717) is 29.4 Å². The van der Waals surface area contributed by atoms with Gasteiger partial charge < -0.3 is 14.2 Å². The van der Waals surface area contributed by atoms with Gasteiger partial charge in [0.25, 0.3) is 0 Å². The number of benzene rings is 2. The molecule has 2 aromatic heterocycles. The van der Waals surface area contributed by atoms with Crippen LogP contribution in [-0.4, -0.2) is 34.5 Å². The van der Waals surface area contributed by atoms with Crippen LogP contribution in [0.5, 0.6) is 11.5 Å². The normalized spacial score (nSPS) is 10.8. The van der Waals surface area contributed by atoms with Gasteiger partial charge in [-0.25, -0.2) is 14.5 Å². The summed E-state index contributed by atoms with van der Waals surface area (Å²) in [5, 5.41) is 7.16. The highest BCUT2D eigenvalue weighted by atomic mass is 32.1. The molecule has 0 saturated carbocycles. The molecule has 0 spiro atoms. The SMILES string of the molecule is CCOc1ccc(-c2nc(COC(=O)c3ccc(-n4nc(C)cc4C)cc3)cs2)cc1OC. The highest BCUT2D eigenvalue weighted by Crippen LogP contribution is 2.34. The number of esters is 1. The largest absolute Gasteiger partial charge is 0.493 e. The van der Waals surface area contributed by atoms with E-state index < -0.39 is 5.97 Å². The lowest BCUT2D eigenvalue weighted by Crippen LogP contribution is -2.06. The molecule has 170 valence electrons. The monoisotopic (exact) mass is 463 g/mol. The molecule has 8 heteroatoms. The first-order valence-electron chi connectivity index (χ1n) is 10.5. The van der Waals surface area contributed by atoms with Gasteiger partial charge in [-0.15, -0.1) is 11.3 Å². The molecule has 0 aliphatic heterocycles. The minimum Gasteiger partial charge on any atom is -0.493 e. The zero-order valence-corrected chi connectivity index (χ0v) is 19.8. The van der Waals surface area contributed by atoms with Gasteiger partial charge in [0.15, 0.2) is 11.5 Å². The Morgan fingerprint density at radius 2 is 1.85 bits per heavy atom. The second-order valence-electron chi connectivity index (χ2n) is 7.40. The molecule has 2 aromatic carbocycles. The lowest BCUT2D eigenvalue weighted by Gasteiger charge is -2.10. The van der Waals surface area contributed by atoms with Crippen molar-refractivity contribution < 1.29 is 19.0 Å². The third-order valence-corrected chi connectivity index (χ3v) is 5.91. The van der Waals surface area contributed by atoms with Gasteiger partial charge in [0.05, 0.1) is 36.4 Å². The van der Waals surface area contributed by atoms with Gasteiger partial charge in [-0.1, -0.05) is 0 Å². The summed E-state index contributed by atoms with van der Waals surface area (Å²) in [5.74, 6) is 0.951. The molecule has 0 unspecified atom stereocenters. The summed E-state index contributed by atoms with van der Waals surface area (Å²) in [7, 11) is 1.61. The van der Waals surface area contributed by atoms with Gasteiger partial charge in [-0.2, -0.15) is 5.10 Å². The van der Waals surface area contributed by atoms with Crippen molar-refractivity contribution >= 4 is 17.3 Å². The predicted octanol–water partition coefficient (Wildman–Crippen LogP) is 5.38. The Bertz CT molecular complexity index is 1260. The average Bonchev–Trinajstić information content (AvgIpc) is 3.44. The number of hydrogen-bond acceptors (Lipinski definition) is 7. The van der Waals surface area contributed by atoms with Crippen LogP contribution in [0.4, 0.5) is 0 Å². The fourth-order valence-electron chi connectivity index (χ4n) is 3.43. The highest BCUT2D eigenvalue weighted by molar-refractivity contribution is 7.13. The van der Waals surface area contributed by atoms with Crippen LogP contribution in [-0.2, 0) is 11.3 Å². The average molecular weight is 464 g/mol. The second kappa shape index (κ2) is 9.87. The summed E-state index contributed by atoms with van der Waals surface area (Å²) >= 11 is 1.48. The van der Waals surface area contributed by atoms with Gasteiger partial charge in [0.1, 0.15) is 11.6 Å². The number of aryl methyl sites for hydroxylation is 2. The highest BCUT2D eigenvalue weighted by Gasteiger charge is 2.13.